The minimum Gasteiger partial charge on any atom is -0.410 e. The Morgan fingerprint density at radius 3 is 2.32 bits per heavy atom. The van der Waals surface area contributed by atoms with Crippen molar-refractivity contribution in [2.24, 2.45) is 10.3 Å². The van der Waals surface area contributed by atoms with Crippen LogP contribution in [0.3, 0.4) is 0 Å². The summed E-state index contributed by atoms with van der Waals surface area (Å²) in [6.07, 6.45) is 0. The molecule has 1 aliphatic heterocycles. The van der Waals surface area contributed by atoms with E-state index in [0.29, 0.717) is 16.9 Å². The Labute approximate surface area is 124 Å². The van der Waals surface area contributed by atoms with E-state index in [1.807, 2.05) is 27.7 Å². The molecule has 0 amide bonds. The quantitative estimate of drug-likeness (QED) is 0.434. The number of fused-ring (bicyclic) bond motifs is 2. The first-order chi connectivity index (χ1) is 10.5. The lowest BCUT2D eigenvalue weighted by atomic mass is 10.1. The molecule has 1 aromatic heterocycles. The fourth-order valence-corrected chi connectivity index (χ4v) is 2.21. The molecule has 2 aliphatic rings. The lowest BCUT2D eigenvalue weighted by molar-refractivity contribution is 0.302. The number of hydrogen-bond donors (Lipinski definition) is 2. The van der Waals surface area contributed by atoms with Crippen LogP contribution in [0.25, 0.3) is 22.4 Å². The molecule has 10 heteroatoms. The van der Waals surface area contributed by atoms with Gasteiger partial charge in [-0.15, -0.1) is 4.91 Å². The molecular weight excluding hydrogens is 288 g/mol. The highest BCUT2D eigenvalue weighted by Gasteiger charge is 2.26. The van der Waals surface area contributed by atoms with Crippen LogP contribution in [0.15, 0.2) is 10.3 Å². The van der Waals surface area contributed by atoms with E-state index in [2.05, 4.69) is 30.7 Å². The highest BCUT2D eigenvalue weighted by atomic mass is 16.4. The van der Waals surface area contributed by atoms with Gasteiger partial charge in [-0.3, -0.25) is 5.10 Å². The lowest BCUT2D eigenvalue weighted by Gasteiger charge is -2.02. The normalized spacial score (nSPS) is 13.1. The highest BCUT2D eigenvalue weighted by molar-refractivity contribution is 5.95. The number of aromatic amines is 1. The molecule has 3 rings (SSSR count). The van der Waals surface area contributed by atoms with Crippen LogP contribution >= 0.6 is 0 Å². The van der Waals surface area contributed by atoms with Gasteiger partial charge in [0.05, 0.1) is 12.1 Å². The summed E-state index contributed by atoms with van der Waals surface area (Å²) < 4.78 is 0. The summed E-state index contributed by atoms with van der Waals surface area (Å²) in [6.45, 7) is 7.66. The summed E-state index contributed by atoms with van der Waals surface area (Å²) in [5.41, 5.74) is 1.38. The maximum absolute atomic E-state index is 11.3. The Bertz CT molecular complexity index is 879. The van der Waals surface area contributed by atoms with E-state index < -0.39 is 0 Å². The number of nitrogens with zero attached hydrogens (tertiary/aromatic N) is 7. The summed E-state index contributed by atoms with van der Waals surface area (Å²) >= 11 is 0. The third kappa shape index (κ3) is 1.87. The minimum absolute atomic E-state index is 0.00894. The molecule has 0 atom stereocenters. The highest BCUT2D eigenvalue weighted by Crippen LogP contribution is 2.33. The molecular formula is C12H16N8O2. The van der Waals surface area contributed by atoms with E-state index in [9.17, 15) is 10.1 Å². The zero-order valence-electron chi connectivity index (χ0n) is 12.6. The molecule has 1 aliphatic carbocycles. The number of hydrogen-bond acceptors (Lipinski definition) is 7. The fourth-order valence-electron chi connectivity index (χ4n) is 2.21. The maximum atomic E-state index is 11.3. The molecule has 0 saturated heterocycles. The second kappa shape index (κ2) is 4.90. The van der Waals surface area contributed by atoms with Gasteiger partial charge in [0.1, 0.15) is 22.4 Å². The minimum atomic E-state index is -0.00894. The van der Waals surface area contributed by atoms with Gasteiger partial charge in [0.25, 0.3) is 0 Å². The molecule has 0 radical (unpaired) electrons. The number of nitroso groups, excluding NO2 is 1. The van der Waals surface area contributed by atoms with E-state index in [0.717, 1.165) is 0 Å². The fraction of sp³-hybridized carbons (Fsp3) is 0.500. The van der Waals surface area contributed by atoms with Crippen molar-refractivity contribution in [2.45, 2.75) is 39.8 Å². The van der Waals surface area contributed by atoms with E-state index in [-0.39, 0.29) is 28.6 Å². The number of rotatable bonds is 3. The van der Waals surface area contributed by atoms with Gasteiger partial charge in [-0.05, 0) is 32.9 Å². The van der Waals surface area contributed by atoms with Crippen molar-refractivity contribution < 1.29 is 5.21 Å². The molecule has 0 unspecified atom stereocenters. The van der Waals surface area contributed by atoms with Gasteiger partial charge in [0, 0.05) is 0 Å². The van der Waals surface area contributed by atoms with Crippen LogP contribution < -0.4 is 5.36 Å². The summed E-state index contributed by atoms with van der Waals surface area (Å²) in [4.78, 5) is 14.3. The average Bonchev–Trinajstić information content (AvgIpc) is 3.08. The van der Waals surface area contributed by atoms with Gasteiger partial charge in [0.15, 0.2) is 11.0 Å². The molecule has 22 heavy (non-hydrogen) atoms. The molecule has 2 heterocycles. The van der Waals surface area contributed by atoms with Gasteiger partial charge in [0.2, 0.25) is 0 Å². The molecule has 10 nitrogen and oxygen atoms in total. The summed E-state index contributed by atoms with van der Waals surface area (Å²) in [6, 6.07) is 0.0275. The largest absolute Gasteiger partial charge is 0.410 e. The SMILES string of the molecule is CC(C)n1nc2c(N=O)c3[nH]n(C(C)C)nc-3/c(=N\O)c2n1. The summed E-state index contributed by atoms with van der Waals surface area (Å²) in [7, 11) is 0. The van der Waals surface area contributed by atoms with Gasteiger partial charge < -0.3 is 5.21 Å². The van der Waals surface area contributed by atoms with Gasteiger partial charge in [-0.1, -0.05) is 5.16 Å². The Kier molecular flexibility index (Phi) is 3.15. The summed E-state index contributed by atoms with van der Waals surface area (Å²) in [5.74, 6) is 0. The Hall–Kier alpha value is -2.78. The zero-order chi connectivity index (χ0) is 16.0. The molecule has 0 saturated carbocycles. The van der Waals surface area contributed by atoms with Crippen molar-refractivity contribution in [1.29, 1.82) is 0 Å². The van der Waals surface area contributed by atoms with Gasteiger partial charge >= 0.3 is 0 Å². The van der Waals surface area contributed by atoms with Crippen molar-refractivity contribution in [3.8, 4) is 11.4 Å². The van der Waals surface area contributed by atoms with Crippen LogP contribution in [0.4, 0.5) is 5.69 Å². The van der Waals surface area contributed by atoms with E-state index >= 15 is 0 Å². The second-order valence-corrected chi connectivity index (χ2v) is 5.57. The first-order valence-electron chi connectivity index (χ1n) is 6.90. The Balaban J connectivity index is 2.51. The van der Waals surface area contributed by atoms with Crippen LogP contribution in [-0.4, -0.2) is 35.2 Å². The standard InChI is InChI=1S/C12H16N8O2/c1-5(2)19-13-7-8(14-19)12(18-22)10-9(11(7)17-21)15-20(16-10)6(3)4/h5-6,13,22H,1-4H3/b18-12+. The van der Waals surface area contributed by atoms with Crippen LogP contribution in [-0.2, 0) is 0 Å². The van der Waals surface area contributed by atoms with Crippen molar-refractivity contribution in [2.75, 3.05) is 0 Å². The Morgan fingerprint density at radius 1 is 1.09 bits per heavy atom. The third-order valence-corrected chi connectivity index (χ3v) is 3.35. The van der Waals surface area contributed by atoms with Crippen molar-refractivity contribution in [3.63, 3.8) is 0 Å². The predicted octanol–water partition coefficient (Wildman–Crippen LogP) is 1.91. The molecule has 0 fully saturated rings. The average molecular weight is 304 g/mol. The second-order valence-electron chi connectivity index (χ2n) is 5.57. The molecule has 0 spiro atoms. The monoisotopic (exact) mass is 304 g/mol. The topological polar surface area (TPSA) is 126 Å². The number of benzene rings is 1. The third-order valence-electron chi connectivity index (χ3n) is 3.35. The Morgan fingerprint density at radius 2 is 1.77 bits per heavy atom. The first kappa shape index (κ1) is 14.2. The maximum Gasteiger partial charge on any atom is 0.165 e. The van der Waals surface area contributed by atoms with Crippen LogP contribution in [0.2, 0.25) is 0 Å². The molecule has 0 bridgehead atoms. The van der Waals surface area contributed by atoms with Crippen molar-refractivity contribution >= 4 is 16.7 Å². The molecule has 2 N–H and O–H groups in total. The molecule has 116 valence electrons. The van der Waals surface area contributed by atoms with Gasteiger partial charge in [-0.25, -0.2) is 4.80 Å². The van der Waals surface area contributed by atoms with E-state index in [1.165, 1.54) is 4.80 Å². The van der Waals surface area contributed by atoms with Gasteiger partial charge in [-0.2, -0.15) is 20.1 Å². The van der Waals surface area contributed by atoms with Crippen molar-refractivity contribution in [1.82, 2.24) is 30.0 Å². The van der Waals surface area contributed by atoms with E-state index in [1.54, 1.807) is 4.80 Å². The first-order valence-corrected chi connectivity index (χ1v) is 6.90. The smallest absolute Gasteiger partial charge is 0.165 e. The zero-order valence-corrected chi connectivity index (χ0v) is 12.6. The number of aromatic nitrogens is 6. The van der Waals surface area contributed by atoms with Crippen molar-refractivity contribution in [3.05, 3.63) is 10.3 Å². The summed E-state index contributed by atoms with van der Waals surface area (Å²) in [5, 5.41) is 31.8. The molecule has 0 aromatic carbocycles. The lowest BCUT2D eigenvalue weighted by Crippen LogP contribution is -2.11. The predicted molar refractivity (Wildman–Crippen MR) is 77.9 cm³/mol. The van der Waals surface area contributed by atoms with Crippen LogP contribution in [0.1, 0.15) is 39.8 Å². The van der Waals surface area contributed by atoms with Crippen LogP contribution in [0, 0.1) is 4.91 Å². The van der Waals surface area contributed by atoms with Crippen LogP contribution in [0.5, 0.6) is 0 Å². The number of H-pyrrole nitrogens is 1. The van der Waals surface area contributed by atoms with E-state index in [4.69, 9.17) is 0 Å². The number of nitrogens with one attached hydrogen (secondary N) is 1. The molecule has 1 aromatic rings.